The van der Waals surface area contributed by atoms with E-state index in [1.807, 2.05) is 6.92 Å². The van der Waals surface area contributed by atoms with Gasteiger partial charge in [0.2, 0.25) is 0 Å². The molecule has 1 unspecified atom stereocenters. The predicted octanol–water partition coefficient (Wildman–Crippen LogP) is 1.65. The van der Waals surface area contributed by atoms with Gasteiger partial charge in [-0.1, -0.05) is 12.2 Å². The zero-order valence-corrected chi connectivity index (χ0v) is 11.2. The number of hydrogen-bond acceptors (Lipinski definition) is 3. The van der Waals surface area contributed by atoms with Crippen LogP contribution in [0.3, 0.4) is 0 Å². The van der Waals surface area contributed by atoms with Crippen molar-refractivity contribution in [3.05, 3.63) is 12.2 Å². The smallest absolute Gasteiger partial charge is 0.0672 e. The molecular formula is C13H26N2O. The quantitative estimate of drug-likeness (QED) is 0.570. The third kappa shape index (κ3) is 4.64. The molecule has 1 atom stereocenters. The van der Waals surface area contributed by atoms with Gasteiger partial charge in [-0.25, -0.2) is 0 Å². The predicted molar refractivity (Wildman–Crippen MR) is 68.7 cm³/mol. The maximum absolute atomic E-state index is 5.55. The highest BCUT2D eigenvalue weighted by molar-refractivity contribution is 4.91. The molecule has 0 aromatic heterocycles. The van der Waals surface area contributed by atoms with Crippen molar-refractivity contribution in [1.29, 1.82) is 0 Å². The number of rotatable bonds is 5. The molecule has 0 radical (unpaired) electrons. The normalized spacial score (nSPS) is 25.6. The van der Waals surface area contributed by atoms with E-state index in [0.29, 0.717) is 12.6 Å². The molecule has 1 aliphatic heterocycles. The first-order valence-electron chi connectivity index (χ1n) is 6.12. The summed E-state index contributed by atoms with van der Waals surface area (Å²) in [6.45, 7) is 17.2. The molecule has 0 aromatic rings. The van der Waals surface area contributed by atoms with Crippen LogP contribution < -0.4 is 5.32 Å². The van der Waals surface area contributed by atoms with E-state index >= 15 is 0 Å². The average Bonchev–Trinajstić information content (AvgIpc) is 2.17. The lowest BCUT2D eigenvalue weighted by Gasteiger charge is -2.43. The monoisotopic (exact) mass is 226 g/mol. The molecule has 1 saturated heterocycles. The topological polar surface area (TPSA) is 24.5 Å². The Morgan fingerprint density at radius 2 is 2.25 bits per heavy atom. The van der Waals surface area contributed by atoms with Gasteiger partial charge in [0.15, 0.2) is 0 Å². The largest absolute Gasteiger partial charge is 0.376 e. The molecule has 0 spiro atoms. The first kappa shape index (κ1) is 13.7. The molecule has 94 valence electrons. The maximum atomic E-state index is 5.55. The van der Waals surface area contributed by atoms with E-state index in [-0.39, 0.29) is 5.54 Å². The van der Waals surface area contributed by atoms with E-state index in [4.69, 9.17) is 4.74 Å². The standard InChI is InChI=1S/C13H26N2O/c1-11(2)9-16-7-6-15-10-13(4,5)14-8-12(15)3/h12,14H,1,6-10H2,2-5H3. The summed E-state index contributed by atoms with van der Waals surface area (Å²) in [5, 5.41) is 3.55. The molecule has 1 heterocycles. The van der Waals surface area contributed by atoms with Gasteiger partial charge in [0.25, 0.3) is 0 Å². The summed E-state index contributed by atoms with van der Waals surface area (Å²) in [5.74, 6) is 0. The van der Waals surface area contributed by atoms with Crippen LogP contribution in [-0.2, 0) is 4.74 Å². The Morgan fingerprint density at radius 1 is 1.56 bits per heavy atom. The SMILES string of the molecule is C=C(C)COCCN1CC(C)(C)NCC1C. The molecule has 1 fully saturated rings. The zero-order chi connectivity index (χ0) is 12.2. The van der Waals surface area contributed by atoms with Crippen LogP contribution in [0.1, 0.15) is 27.7 Å². The summed E-state index contributed by atoms with van der Waals surface area (Å²) in [7, 11) is 0. The third-order valence-electron chi connectivity index (χ3n) is 2.97. The fraction of sp³-hybridized carbons (Fsp3) is 0.846. The minimum atomic E-state index is 0.223. The molecule has 3 nitrogen and oxygen atoms in total. The van der Waals surface area contributed by atoms with Gasteiger partial charge in [-0.3, -0.25) is 4.90 Å². The molecule has 16 heavy (non-hydrogen) atoms. The van der Waals surface area contributed by atoms with Crippen molar-refractivity contribution in [1.82, 2.24) is 10.2 Å². The minimum Gasteiger partial charge on any atom is -0.376 e. The molecular weight excluding hydrogens is 200 g/mol. The molecule has 3 heteroatoms. The Bertz CT molecular complexity index is 238. The second-order valence-electron chi connectivity index (χ2n) is 5.59. The Labute approximate surface area is 99.8 Å². The van der Waals surface area contributed by atoms with Crippen molar-refractivity contribution < 1.29 is 4.74 Å². The summed E-state index contributed by atoms with van der Waals surface area (Å²) >= 11 is 0. The van der Waals surface area contributed by atoms with Crippen LogP contribution in [0.15, 0.2) is 12.2 Å². The Balaban J connectivity index is 2.26. The second-order valence-corrected chi connectivity index (χ2v) is 5.59. The number of hydrogen-bond donors (Lipinski definition) is 1. The summed E-state index contributed by atoms with van der Waals surface area (Å²) in [6.07, 6.45) is 0. The highest BCUT2D eigenvalue weighted by Crippen LogP contribution is 2.14. The number of piperazine rings is 1. The van der Waals surface area contributed by atoms with E-state index < -0.39 is 0 Å². The van der Waals surface area contributed by atoms with Crippen LogP contribution >= 0.6 is 0 Å². The van der Waals surface area contributed by atoms with E-state index in [0.717, 1.165) is 31.8 Å². The van der Waals surface area contributed by atoms with Gasteiger partial charge >= 0.3 is 0 Å². The molecule has 0 aromatic carbocycles. The van der Waals surface area contributed by atoms with Crippen molar-refractivity contribution in [3.63, 3.8) is 0 Å². The van der Waals surface area contributed by atoms with Crippen molar-refractivity contribution >= 4 is 0 Å². The number of nitrogens with one attached hydrogen (secondary N) is 1. The second kappa shape index (κ2) is 5.80. The van der Waals surface area contributed by atoms with Crippen LogP contribution in [0.2, 0.25) is 0 Å². The van der Waals surface area contributed by atoms with Crippen LogP contribution in [0.5, 0.6) is 0 Å². The van der Waals surface area contributed by atoms with Crippen molar-refractivity contribution in [2.75, 3.05) is 32.8 Å². The van der Waals surface area contributed by atoms with Crippen LogP contribution in [-0.4, -0.2) is 49.3 Å². The van der Waals surface area contributed by atoms with Crippen molar-refractivity contribution in [3.8, 4) is 0 Å². The van der Waals surface area contributed by atoms with Gasteiger partial charge in [0.05, 0.1) is 13.2 Å². The van der Waals surface area contributed by atoms with Crippen molar-refractivity contribution in [2.45, 2.75) is 39.3 Å². The third-order valence-corrected chi connectivity index (χ3v) is 2.97. The Morgan fingerprint density at radius 3 is 2.88 bits per heavy atom. The summed E-state index contributed by atoms with van der Waals surface area (Å²) in [4.78, 5) is 2.49. The van der Waals surface area contributed by atoms with E-state index in [1.165, 1.54) is 0 Å². The molecule has 0 amide bonds. The molecule has 1 rings (SSSR count). The zero-order valence-electron chi connectivity index (χ0n) is 11.2. The van der Waals surface area contributed by atoms with Crippen LogP contribution in [0.4, 0.5) is 0 Å². The van der Waals surface area contributed by atoms with E-state index in [1.54, 1.807) is 0 Å². The Kier molecular flexibility index (Phi) is 4.96. The molecule has 0 aliphatic carbocycles. The van der Waals surface area contributed by atoms with E-state index in [2.05, 4.69) is 37.6 Å². The van der Waals surface area contributed by atoms with Gasteiger partial charge in [-0.15, -0.1) is 0 Å². The van der Waals surface area contributed by atoms with Gasteiger partial charge in [-0.05, 0) is 27.7 Å². The fourth-order valence-electron chi connectivity index (χ4n) is 2.00. The summed E-state index contributed by atoms with van der Waals surface area (Å²) in [5.41, 5.74) is 1.31. The molecule has 1 N–H and O–H groups in total. The molecule has 1 aliphatic rings. The van der Waals surface area contributed by atoms with E-state index in [9.17, 15) is 0 Å². The van der Waals surface area contributed by atoms with Crippen molar-refractivity contribution in [2.24, 2.45) is 0 Å². The molecule has 0 saturated carbocycles. The lowest BCUT2D eigenvalue weighted by Crippen LogP contribution is -2.61. The maximum Gasteiger partial charge on any atom is 0.0672 e. The number of ether oxygens (including phenoxy) is 1. The van der Waals surface area contributed by atoms with Gasteiger partial charge < -0.3 is 10.1 Å². The highest BCUT2D eigenvalue weighted by Gasteiger charge is 2.29. The Hall–Kier alpha value is -0.380. The number of nitrogens with zero attached hydrogens (tertiary/aromatic N) is 1. The lowest BCUT2D eigenvalue weighted by atomic mass is 9.99. The fourth-order valence-corrected chi connectivity index (χ4v) is 2.00. The van der Waals surface area contributed by atoms with Gasteiger partial charge in [0, 0.05) is 31.2 Å². The summed E-state index contributed by atoms with van der Waals surface area (Å²) in [6, 6.07) is 0.599. The average molecular weight is 226 g/mol. The van der Waals surface area contributed by atoms with Crippen LogP contribution in [0, 0.1) is 0 Å². The first-order chi connectivity index (χ1) is 7.41. The van der Waals surface area contributed by atoms with Gasteiger partial charge in [0.1, 0.15) is 0 Å². The lowest BCUT2D eigenvalue weighted by molar-refractivity contribution is 0.0615. The van der Waals surface area contributed by atoms with Gasteiger partial charge in [-0.2, -0.15) is 0 Å². The highest BCUT2D eigenvalue weighted by atomic mass is 16.5. The first-order valence-corrected chi connectivity index (χ1v) is 6.12. The minimum absolute atomic E-state index is 0.223. The van der Waals surface area contributed by atoms with Crippen LogP contribution in [0.25, 0.3) is 0 Å². The summed E-state index contributed by atoms with van der Waals surface area (Å²) < 4.78 is 5.55. The molecule has 0 bridgehead atoms.